The number of carbonyl (C=O) groups excluding carboxylic acids is 2. The van der Waals surface area contributed by atoms with Gasteiger partial charge in [0.15, 0.2) is 0 Å². The second kappa shape index (κ2) is 7.80. The molecule has 0 aromatic heterocycles. The van der Waals surface area contributed by atoms with Gasteiger partial charge in [0.2, 0.25) is 10.0 Å². The average molecular weight is 407 g/mol. The molecule has 0 unspecified atom stereocenters. The maximum atomic E-state index is 12.5. The third-order valence-corrected chi connectivity index (χ3v) is 6.74. The number of hydrogen-bond donors (Lipinski definition) is 0. The van der Waals surface area contributed by atoms with Crippen LogP contribution in [0.5, 0.6) is 0 Å². The van der Waals surface area contributed by atoms with E-state index in [1.165, 1.54) is 11.4 Å². The molecule has 2 amide bonds. The van der Waals surface area contributed by atoms with Crippen LogP contribution in [0.15, 0.2) is 48.5 Å². The van der Waals surface area contributed by atoms with Crippen LogP contribution in [-0.2, 0) is 16.6 Å². The van der Waals surface area contributed by atoms with E-state index < -0.39 is 10.0 Å². The second-order valence-electron chi connectivity index (χ2n) is 6.32. The minimum atomic E-state index is -3.54. The summed E-state index contributed by atoms with van der Waals surface area (Å²) in [6.07, 6.45) is 0.167. The Kier molecular flexibility index (Phi) is 5.64. The molecule has 142 valence electrons. The van der Waals surface area contributed by atoms with Gasteiger partial charge in [0.25, 0.3) is 11.8 Å². The highest BCUT2D eigenvalue weighted by Crippen LogP contribution is 2.23. The molecular weight excluding hydrogens is 388 g/mol. The van der Waals surface area contributed by atoms with Gasteiger partial charge >= 0.3 is 0 Å². The molecule has 0 fully saturated rings. The van der Waals surface area contributed by atoms with Crippen LogP contribution in [0.1, 0.15) is 32.7 Å². The summed E-state index contributed by atoms with van der Waals surface area (Å²) in [4.78, 5) is 25.7. The first-order valence-corrected chi connectivity index (χ1v) is 10.4. The first-order valence-electron chi connectivity index (χ1n) is 8.44. The predicted molar refractivity (Wildman–Crippen MR) is 103 cm³/mol. The monoisotopic (exact) mass is 406 g/mol. The molecule has 6 nitrogen and oxygen atoms in total. The highest BCUT2D eigenvalue weighted by molar-refractivity contribution is 7.89. The van der Waals surface area contributed by atoms with Crippen molar-refractivity contribution in [1.82, 2.24) is 9.21 Å². The van der Waals surface area contributed by atoms with Crippen LogP contribution in [0.4, 0.5) is 0 Å². The number of imide groups is 1. The van der Waals surface area contributed by atoms with Gasteiger partial charge in [0.1, 0.15) is 0 Å². The average Bonchev–Trinajstić information content (AvgIpc) is 2.88. The smallest absolute Gasteiger partial charge is 0.261 e. The van der Waals surface area contributed by atoms with Gasteiger partial charge in [-0.05, 0) is 30.2 Å². The van der Waals surface area contributed by atoms with Crippen LogP contribution in [-0.4, -0.2) is 48.8 Å². The molecular formula is C19H19ClN2O4S. The molecule has 3 rings (SSSR count). The van der Waals surface area contributed by atoms with Gasteiger partial charge < -0.3 is 0 Å². The van der Waals surface area contributed by atoms with Gasteiger partial charge in [0, 0.05) is 25.2 Å². The highest BCUT2D eigenvalue weighted by atomic mass is 35.5. The number of sulfonamides is 1. The van der Waals surface area contributed by atoms with Crippen molar-refractivity contribution < 1.29 is 18.0 Å². The van der Waals surface area contributed by atoms with E-state index in [0.29, 0.717) is 21.7 Å². The van der Waals surface area contributed by atoms with Gasteiger partial charge in [0.05, 0.1) is 16.9 Å². The molecule has 8 heteroatoms. The molecule has 2 aromatic rings. The molecule has 1 aliphatic heterocycles. The van der Waals surface area contributed by atoms with Crippen molar-refractivity contribution in [3.63, 3.8) is 0 Å². The summed E-state index contributed by atoms with van der Waals surface area (Å²) in [6.45, 7) is 0.223. The molecule has 1 aliphatic rings. The van der Waals surface area contributed by atoms with Crippen molar-refractivity contribution in [2.24, 2.45) is 0 Å². The Balaban J connectivity index is 1.59. The molecule has 1 heterocycles. The van der Waals surface area contributed by atoms with Crippen molar-refractivity contribution in [2.45, 2.75) is 13.0 Å². The van der Waals surface area contributed by atoms with E-state index in [-0.39, 0.29) is 37.1 Å². The van der Waals surface area contributed by atoms with E-state index in [2.05, 4.69) is 0 Å². The Labute approximate surface area is 163 Å². The number of rotatable bonds is 7. The van der Waals surface area contributed by atoms with E-state index in [4.69, 9.17) is 11.6 Å². The number of carbonyl (C=O) groups is 2. The maximum absolute atomic E-state index is 12.5. The lowest BCUT2D eigenvalue weighted by atomic mass is 10.1. The summed E-state index contributed by atoms with van der Waals surface area (Å²) in [7, 11) is -2.06. The first-order chi connectivity index (χ1) is 12.8. The summed E-state index contributed by atoms with van der Waals surface area (Å²) in [5, 5.41) is 0.505. The fraction of sp³-hybridized carbons (Fsp3) is 0.263. The van der Waals surface area contributed by atoms with E-state index in [1.54, 1.807) is 48.5 Å². The topological polar surface area (TPSA) is 74.8 Å². The highest BCUT2D eigenvalue weighted by Gasteiger charge is 2.34. The molecule has 0 bridgehead atoms. The molecule has 0 N–H and O–H groups in total. The third kappa shape index (κ3) is 4.05. The molecule has 0 spiro atoms. The SMILES string of the molecule is CN(Cc1ccccc1Cl)S(=O)(=O)CCCN1C(=O)c2ccccc2C1=O. The minimum Gasteiger partial charge on any atom is -0.274 e. The molecule has 27 heavy (non-hydrogen) atoms. The van der Waals surface area contributed by atoms with E-state index >= 15 is 0 Å². The maximum Gasteiger partial charge on any atom is 0.261 e. The van der Waals surface area contributed by atoms with Crippen LogP contribution in [0.2, 0.25) is 5.02 Å². The number of benzene rings is 2. The molecule has 0 saturated heterocycles. The largest absolute Gasteiger partial charge is 0.274 e. The number of fused-ring (bicyclic) bond motifs is 1. The lowest BCUT2D eigenvalue weighted by Crippen LogP contribution is -2.34. The van der Waals surface area contributed by atoms with Gasteiger partial charge in [-0.15, -0.1) is 0 Å². The van der Waals surface area contributed by atoms with Gasteiger partial charge in [-0.1, -0.05) is 41.9 Å². The molecule has 0 aliphatic carbocycles. The molecule has 0 saturated carbocycles. The number of nitrogens with zero attached hydrogens (tertiary/aromatic N) is 2. The molecule has 2 aromatic carbocycles. The fourth-order valence-electron chi connectivity index (χ4n) is 2.97. The van der Waals surface area contributed by atoms with E-state index in [9.17, 15) is 18.0 Å². The van der Waals surface area contributed by atoms with Crippen molar-refractivity contribution in [2.75, 3.05) is 19.3 Å². The normalized spacial score (nSPS) is 14.1. The summed E-state index contributed by atoms with van der Waals surface area (Å²) >= 11 is 6.08. The lowest BCUT2D eigenvalue weighted by molar-refractivity contribution is 0.0654. The minimum absolute atomic E-state index is 0.0610. The van der Waals surface area contributed by atoms with Gasteiger partial charge in [-0.3, -0.25) is 14.5 Å². The second-order valence-corrected chi connectivity index (χ2v) is 8.93. The third-order valence-electron chi connectivity index (χ3n) is 4.49. The zero-order valence-electron chi connectivity index (χ0n) is 14.8. The van der Waals surface area contributed by atoms with Gasteiger partial charge in [-0.2, -0.15) is 0 Å². The van der Waals surface area contributed by atoms with Crippen LogP contribution in [0, 0.1) is 0 Å². The summed E-state index contributed by atoms with van der Waals surface area (Å²) in [5.74, 6) is -0.920. The van der Waals surface area contributed by atoms with Crippen LogP contribution >= 0.6 is 11.6 Å². The zero-order chi connectivity index (χ0) is 19.6. The Morgan fingerprint density at radius 1 is 0.963 bits per heavy atom. The van der Waals surface area contributed by atoms with Crippen molar-refractivity contribution in [3.05, 3.63) is 70.2 Å². The summed E-state index contributed by atoms with van der Waals surface area (Å²) in [5.41, 5.74) is 1.44. The Morgan fingerprint density at radius 3 is 2.11 bits per heavy atom. The van der Waals surface area contributed by atoms with Crippen molar-refractivity contribution >= 4 is 33.4 Å². The standard InChI is InChI=1S/C19H19ClN2O4S/c1-21(13-14-7-2-5-10-17(14)20)27(25,26)12-6-11-22-18(23)15-8-3-4-9-16(15)19(22)24/h2-5,7-10H,6,11-13H2,1H3. The Bertz CT molecular complexity index is 956. The predicted octanol–water partition coefficient (Wildman–Crippen LogP) is 2.79. The van der Waals surface area contributed by atoms with Crippen LogP contribution in [0.3, 0.4) is 0 Å². The quantitative estimate of drug-likeness (QED) is 0.662. The fourth-order valence-corrected chi connectivity index (χ4v) is 4.30. The van der Waals surface area contributed by atoms with Crippen LogP contribution < -0.4 is 0 Å². The van der Waals surface area contributed by atoms with Crippen molar-refractivity contribution in [1.29, 1.82) is 0 Å². The van der Waals surface area contributed by atoms with Crippen LogP contribution in [0.25, 0.3) is 0 Å². The number of hydrogen-bond acceptors (Lipinski definition) is 4. The lowest BCUT2D eigenvalue weighted by Gasteiger charge is -2.19. The molecule has 0 radical (unpaired) electrons. The van der Waals surface area contributed by atoms with E-state index in [0.717, 1.165) is 4.90 Å². The van der Waals surface area contributed by atoms with E-state index in [1.807, 2.05) is 0 Å². The Morgan fingerprint density at radius 2 is 1.52 bits per heavy atom. The number of halogens is 1. The molecule has 0 atom stereocenters. The van der Waals surface area contributed by atoms with Gasteiger partial charge in [-0.25, -0.2) is 12.7 Å². The number of amides is 2. The Hall–Kier alpha value is -2.22. The summed E-state index contributed by atoms with van der Waals surface area (Å²) < 4.78 is 26.2. The summed E-state index contributed by atoms with van der Waals surface area (Å²) in [6, 6.07) is 13.6. The first kappa shape index (κ1) is 19.5. The van der Waals surface area contributed by atoms with Crippen molar-refractivity contribution in [3.8, 4) is 0 Å². The zero-order valence-corrected chi connectivity index (χ0v) is 16.3.